The van der Waals surface area contributed by atoms with Gasteiger partial charge in [0, 0.05) is 12.2 Å². The molecule has 0 radical (unpaired) electrons. The van der Waals surface area contributed by atoms with Crippen molar-refractivity contribution in [3.8, 4) is 0 Å². The number of hydrogen-bond donors (Lipinski definition) is 0. The van der Waals surface area contributed by atoms with Crippen LogP contribution in [0.3, 0.4) is 0 Å². The third-order valence-electron chi connectivity index (χ3n) is 3.26. The molecule has 0 aromatic heterocycles. The van der Waals surface area contributed by atoms with Gasteiger partial charge in [-0.3, -0.25) is 9.80 Å². The smallest absolute Gasteiger partial charge is 0.312 e. The van der Waals surface area contributed by atoms with E-state index >= 15 is 0 Å². The molecule has 0 saturated carbocycles. The van der Waals surface area contributed by atoms with E-state index in [1.54, 1.807) is 21.9 Å². The molecule has 1 fully saturated rings. The van der Waals surface area contributed by atoms with Crippen LogP contribution in [-0.4, -0.2) is 42.3 Å². The Morgan fingerprint density at radius 1 is 1.11 bits per heavy atom. The van der Waals surface area contributed by atoms with Crippen molar-refractivity contribution in [3.05, 3.63) is 28.2 Å². The zero-order chi connectivity index (χ0) is 14.0. The summed E-state index contributed by atoms with van der Waals surface area (Å²) in [5.74, 6) is 0. The summed E-state index contributed by atoms with van der Waals surface area (Å²) in [5.41, 5.74) is 0.774. The first-order valence-corrected chi connectivity index (χ1v) is 7.06. The molecule has 1 aliphatic heterocycles. The summed E-state index contributed by atoms with van der Waals surface area (Å²) < 4.78 is 0. The highest BCUT2D eigenvalue weighted by Crippen LogP contribution is 2.28. The maximum Gasteiger partial charge on any atom is 0.326 e. The van der Waals surface area contributed by atoms with Gasteiger partial charge in [0.1, 0.15) is 0 Å². The highest BCUT2D eigenvalue weighted by Gasteiger charge is 2.29. The van der Waals surface area contributed by atoms with E-state index in [9.17, 15) is 4.79 Å². The first-order chi connectivity index (χ1) is 9.06. The Morgan fingerprint density at radius 2 is 1.84 bits per heavy atom. The van der Waals surface area contributed by atoms with Crippen molar-refractivity contribution in [2.24, 2.45) is 0 Å². The van der Waals surface area contributed by atoms with Crippen molar-refractivity contribution in [1.82, 2.24) is 9.80 Å². The van der Waals surface area contributed by atoms with Gasteiger partial charge in [0.2, 0.25) is 0 Å². The second-order valence-electron chi connectivity index (χ2n) is 4.43. The summed E-state index contributed by atoms with van der Waals surface area (Å²) in [4.78, 5) is 18.1. The second-order valence-corrected chi connectivity index (χ2v) is 5.25. The molecule has 2 amide bonds. The lowest BCUT2D eigenvalue weighted by Gasteiger charge is -2.41. The number of halogens is 2. The lowest BCUT2D eigenvalue weighted by Crippen LogP contribution is -2.58. The molecular weight excluding hydrogens is 285 g/mol. The fourth-order valence-corrected chi connectivity index (χ4v) is 2.35. The monoisotopic (exact) mass is 301 g/mol. The average Bonchev–Trinajstić information content (AvgIpc) is 2.42. The summed E-state index contributed by atoms with van der Waals surface area (Å²) in [6.45, 7) is 6.88. The van der Waals surface area contributed by atoms with Crippen molar-refractivity contribution >= 4 is 34.9 Å². The number of carbonyl (C=O) groups excluding carboxylic acids is 1. The van der Waals surface area contributed by atoms with Crippen LogP contribution in [-0.2, 0) is 0 Å². The van der Waals surface area contributed by atoms with Gasteiger partial charge >= 0.3 is 6.03 Å². The number of hydrogen-bond acceptors (Lipinski definition) is 2. The Morgan fingerprint density at radius 3 is 2.42 bits per heavy atom. The summed E-state index contributed by atoms with van der Waals surface area (Å²) >= 11 is 11.9. The third kappa shape index (κ3) is 2.96. The lowest BCUT2D eigenvalue weighted by atomic mass is 10.3. The number of urea groups is 1. The molecule has 104 valence electrons. The SMILES string of the molecule is CCN1CN(CC)C(=O)N(c2ccc(Cl)c(Cl)c2)C1. The number of rotatable bonds is 3. The molecule has 1 saturated heterocycles. The van der Waals surface area contributed by atoms with E-state index in [0.717, 1.165) is 12.2 Å². The van der Waals surface area contributed by atoms with Crippen LogP contribution in [0.1, 0.15) is 13.8 Å². The van der Waals surface area contributed by atoms with E-state index in [1.807, 2.05) is 13.0 Å². The molecular formula is C13H17Cl2N3O. The summed E-state index contributed by atoms with van der Waals surface area (Å²) in [6.07, 6.45) is 0. The van der Waals surface area contributed by atoms with E-state index < -0.39 is 0 Å². The predicted molar refractivity (Wildman–Crippen MR) is 78.8 cm³/mol. The summed E-state index contributed by atoms with van der Waals surface area (Å²) in [7, 11) is 0. The lowest BCUT2D eigenvalue weighted by molar-refractivity contribution is 0.122. The van der Waals surface area contributed by atoms with Crippen LogP contribution in [0, 0.1) is 0 Å². The van der Waals surface area contributed by atoms with Gasteiger partial charge in [0.25, 0.3) is 0 Å². The molecule has 0 atom stereocenters. The molecule has 0 bridgehead atoms. The zero-order valence-corrected chi connectivity index (χ0v) is 12.6. The van der Waals surface area contributed by atoms with Crippen LogP contribution in [0.4, 0.5) is 10.5 Å². The molecule has 0 aliphatic carbocycles. The molecule has 1 aliphatic rings. The van der Waals surface area contributed by atoms with Crippen molar-refractivity contribution in [1.29, 1.82) is 0 Å². The van der Waals surface area contributed by atoms with Crippen molar-refractivity contribution in [3.63, 3.8) is 0 Å². The third-order valence-corrected chi connectivity index (χ3v) is 4.00. The number of benzene rings is 1. The van der Waals surface area contributed by atoms with Crippen LogP contribution >= 0.6 is 23.2 Å². The number of anilines is 1. The van der Waals surface area contributed by atoms with E-state index in [-0.39, 0.29) is 6.03 Å². The Kier molecular flexibility index (Phi) is 4.55. The molecule has 1 aromatic carbocycles. The Bertz CT molecular complexity index is 481. The maximum atomic E-state index is 12.4. The van der Waals surface area contributed by atoms with Gasteiger partial charge in [-0.25, -0.2) is 4.79 Å². The number of nitrogens with zero attached hydrogens (tertiary/aromatic N) is 3. The van der Waals surface area contributed by atoms with Crippen molar-refractivity contribution in [2.45, 2.75) is 13.8 Å². The van der Waals surface area contributed by atoms with E-state index in [4.69, 9.17) is 23.2 Å². The highest BCUT2D eigenvalue weighted by atomic mass is 35.5. The van der Waals surface area contributed by atoms with Gasteiger partial charge in [0.05, 0.1) is 23.4 Å². The van der Waals surface area contributed by atoms with Crippen LogP contribution < -0.4 is 4.90 Å². The predicted octanol–water partition coefficient (Wildman–Crippen LogP) is 3.49. The fourth-order valence-electron chi connectivity index (χ4n) is 2.06. The highest BCUT2D eigenvalue weighted by molar-refractivity contribution is 6.42. The van der Waals surface area contributed by atoms with Gasteiger partial charge in [-0.15, -0.1) is 0 Å². The van der Waals surface area contributed by atoms with Gasteiger partial charge < -0.3 is 4.90 Å². The second kappa shape index (κ2) is 5.99. The van der Waals surface area contributed by atoms with E-state index in [0.29, 0.717) is 29.9 Å². The quantitative estimate of drug-likeness (QED) is 0.854. The minimum atomic E-state index is 0.00518. The van der Waals surface area contributed by atoms with E-state index in [2.05, 4.69) is 11.8 Å². The minimum Gasteiger partial charge on any atom is -0.312 e. The molecule has 6 heteroatoms. The van der Waals surface area contributed by atoms with Crippen LogP contribution in [0.5, 0.6) is 0 Å². The van der Waals surface area contributed by atoms with Gasteiger partial charge in [-0.1, -0.05) is 30.1 Å². The molecule has 0 unspecified atom stereocenters. The summed E-state index contributed by atoms with van der Waals surface area (Å²) in [6, 6.07) is 5.27. The molecule has 2 rings (SSSR count). The largest absolute Gasteiger partial charge is 0.326 e. The Hall–Kier alpha value is -0.970. The van der Waals surface area contributed by atoms with Gasteiger partial charge in [-0.05, 0) is 31.7 Å². The number of carbonyl (C=O) groups is 1. The van der Waals surface area contributed by atoms with Gasteiger partial charge in [0.15, 0.2) is 0 Å². The fraction of sp³-hybridized carbons (Fsp3) is 0.462. The first-order valence-electron chi connectivity index (χ1n) is 6.30. The standard InChI is InChI=1S/C13H17Cl2N3O/c1-3-16-8-17(4-2)13(19)18(9-16)10-5-6-11(14)12(15)7-10/h5-7H,3-4,8-9H2,1-2H3. The zero-order valence-electron chi connectivity index (χ0n) is 11.1. The Balaban J connectivity index is 2.29. The topological polar surface area (TPSA) is 26.8 Å². The average molecular weight is 302 g/mol. The molecule has 0 spiro atoms. The Labute approximate surface area is 123 Å². The van der Waals surface area contributed by atoms with E-state index in [1.165, 1.54) is 0 Å². The van der Waals surface area contributed by atoms with Crippen LogP contribution in [0.25, 0.3) is 0 Å². The van der Waals surface area contributed by atoms with Gasteiger partial charge in [-0.2, -0.15) is 0 Å². The molecule has 4 nitrogen and oxygen atoms in total. The summed E-state index contributed by atoms with van der Waals surface area (Å²) in [5, 5.41) is 0.957. The molecule has 1 aromatic rings. The molecule has 19 heavy (non-hydrogen) atoms. The number of amides is 2. The van der Waals surface area contributed by atoms with Crippen LogP contribution in [0.2, 0.25) is 10.0 Å². The van der Waals surface area contributed by atoms with Crippen LogP contribution in [0.15, 0.2) is 18.2 Å². The first kappa shape index (κ1) is 14.4. The maximum absolute atomic E-state index is 12.4. The van der Waals surface area contributed by atoms with Crippen molar-refractivity contribution in [2.75, 3.05) is 31.3 Å². The minimum absolute atomic E-state index is 0.00518. The molecule has 1 heterocycles. The normalized spacial score (nSPS) is 17.2. The van der Waals surface area contributed by atoms with Crippen molar-refractivity contribution < 1.29 is 4.79 Å². The molecule has 0 N–H and O–H groups in total.